The van der Waals surface area contributed by atoms with E-state index in [-0.39, 0.29) is 4.90 Å². The van der Waals surface area contributed by atoms with Crippen molar-refractivity contribution in [3.8, 4) is 0 Å². The van der Waals surface area contributed by atoms with Gasteiger partial charge in [-0.2, -0.15) is 0 Å². The van der Waals surface area contributed by atoms with Crippen LogP contribution in [0, 0.1) is 0 Å². The molecule has 0 amide bonds. The number of amidine groups is 1. The third-order valence-corrected chi connectivity index (χ3v) is 7.37. The Morgan fingerprint density at radius 1 is 0.839 bits per heavy atom. The summed E-state index contributed by atoms with van der Waals surface area (Å²) in [7, 11) is -1.53. The fourth-order valence-corrected chi connectivity index (χ4v) is 5.30. The zero-order valence-corrected chi connectivity index (χ0v) is 17.8. The summed E-state index contributed by atoms with van der Waals surface area (Å²) in [4.78, 5) is 7.48. The molecule has 0 fully saturated rings. The monoisotopic (exact) mass is 427 g/mol. The van der Waals surface area contributed by atoms with Gasteiger partial charge in [0.25, 0.3) is 0 Å². The number of nitrogen functional groups attached to an aromatic ring is 1. The van der Waals surface area contributed by atoms with E-state index >= 15 is 0 Å². The molecule has 0 aliphatic carbocycles. The minimum Gasteiger partial charge on any atom is -0.398 e. The van der Waals surface area contributed by atoms with Crippen molar-refractivity contribution in [3.05, 3.63) is 96.1 Å². The average molecular weight is 428 g/mol. The number of nitrogens with zero attached hydrogens (tertiary/aromatic N) is 2. The van der Waals surface area contributed by atoms with Gasteiger partial charge in [0.1, 0.15) is 5.84 Å². The third-order valence-electron chi connectivity index (χ3n) is 5.59. The van der Waals surface area contributed by atoms with Gasteiger partial charge in [-0.15, -0.1) is 0 Å². The first-order valence-corrected chi connectivity index (χ1v) is 11.4. The maximum atomic E-state index is 12.8. The maximum Gasteiger partial charge on any atom is 0.206 e. The summed E-state index contributed by atoms with van der Waals surface area (Å²) in [5, 5.41) is 2.09. The van der Waals surface area contributed by atoms with Crippen LogP contribution in [0.25, 0.3) is 10.8 Å². The molecule has 0 saturated carbocycles. The number of hydrogen-bond acceptors (Lipinski definition) is 5. The van der Waals surface area contributed by atoms with E-state index in [4.69, 9.17) is 10.7 Å². The van der Waals surface area contributed by atoms with Gasteiger partial charge in [0, 0.05) is 35.6 Å². The minimum absolute atomic E-state index is 0.288. The molecule has 0 radical (unpaired) electrons. The second-order valence-electron chi connectivity index (χ2n) is 7.65. The van der Waals surface area contributed by atoms with Gasteiger partial charge in [0.15, 0.2) is 0 Å². The molecule has 31 heavy (non-hydrogen) atoms. The Balaban J connectivity index is 1.40. The highest BCUT2D eigenvalue weighted by Crippen LogP contribution is 2.38. The number of nitrogens with two attached hydrogens (primary N) is 1. The molecule has 0 atom stereocenters. The topological polar surface area (TPSA) is 75.8 Å². The summed E-state index contributed by atoms with van der Waals surface area (Å²) in [5.74, 6) is 0.882. The van der Waals surface area contributed by atoms with Gasteiger partial charge in [0.05, 0.1) is 15.5 Å². The highest BCUT2D eigenvalue weighted by atomic mass is 32.2. The van der Waals surface area contributed by atoms with Crippen LogP contribution in [0.4, 0.5) is 11.4 Å². The number of hydrogen-bond donors (Lipinski definition) is 1. The van der Waals surface area contributed by atoms with Crippen molar-refractivity contribution in [2.24, 2.45) is 4.99 Å². The van der Waals surface area contributed by atoms with Crippen LogP contribution < -0.4 is 5.73 Å². The van der Waals surface area contributed by atoms with E-state index in [0.717, 1.165) is 39.1 Å². The fraction of sp³-hybridized carbons (Fsp3) is 0.0800. The van der Waals surface area contributed by atoms with Crippen LogP contribution in [0.15, 0.2) is 99.7 Å². The van der Waals surface area contributed by atoms with E-state index < -0.39 is 9.84 Å². The fourth-order valence-electron chi connectivity index (χ4n) is 4.01. The molecule has 0 bridgehead atoms. The zero-order valence-electron chi connectivity index (χ0n) is 17.0. The van der Waals surface area contributed by atoms with Gasteiger partial charge in [-0.1, -0.05) is 48.5 Å². The largest absolute Gasteiger partial charge is 0.398 e. The van der Waals surface area contributed by atoms with Gasteiger partial charge in [-0.05, 0) is 42.0 Å². The highest BCUT2D eigenvalue weighted by molar-refractivity contribution is 7.91. The number of anilines is 1. The second-order valence-corrected chi connectivity index (χ2v) is 9.60. The Hall–Kier alpha value is -3.64. The second kappa shape index (κ2) is 7.25. The molecule has 0 aromatic heterocycles. The van der Waals surface area contributed by atoms with E-state index in [1.807, 2.05) is 43.4 Å². The van der Waals surface area contributed by atoms with E-state index in [1.54, 1.807) is 42.5 Å². The van der Waals surface area contributed by atoms with Crippen molar-refractivity contribution in [1.29, 1.82) is 0 Å². The number of aliphatic imine (C=N–C) groups is 1. The molecule has 2 N–H and O–H groups in total. The lowest BCUT2D eigenvalue weighted by atomic mass is 10.0. The van der Waals surface area contributed by atoms with Crippen LogP contribution in [0.3, 0.4) is 0 Å². The quantitative estimate of drug-likeness (QED) is 0.476. The minimum atomic E-state index is -3.52. The summed E-state index contributed by atoms with van der Waals surface area (Å²) >= 11 is 0. The van der Waals surface area contributed by atoms with Crippen LogP contribution in [-0.2, 0) is 16.4 Å². The average Bonchev–Trinajstić information content (AvgIpc) is 3.17. The van der Waals surface area contributed by atoms with Crippen molar-refractivity contribution in [2.45, 2.75) is 16.3 Å². The highest BCUT2D eigenvalue weighted by Gasteiger charge is 2.22. The van der Waals surface area contributed by atoms with Gasteiger partial charge < -0.3 is 10.6 Å². The van der Waals surface area contributed by atoms with Gasteiger partial charge in [-0.3, -0.25) is 0 Å². The van der Waals surface area contributed by atoms with Gasteiger partial charge in [0.2, 0.25) is 9.84 Å². The van der Waals surface area contributed by atoms with Crippen molar-refractivity contribution >= 4 is 37.8 Å². The molecule has 1 aliphatic heterocycles. The van der Waals surface area contributed by atoms with Crippen molar-refractivity contribution < 1.29 is 8.42 Å². The van der Waals surface area contributed by atoms with E-state index in [0.29, 0.717) is 11.4 Å². The van der Waals surface area contributed by atoms with E-state index in [9.17, 15) is 8.42 Å². The molecule has 1 aliphatic rings. The van der Waals surface area contributed by atoms with Crippen LogP contribution in [-0.4, -0.2) is 26.2 Å². The summed E-state index contributed by atoms with van der Waals surface area (Å²) in [5.41, 5.74) is 9.87. The Bertz CT molecular complexity index is 1430. The summed E-state index contributed by atoms with van der Waals surface area (Å²) in [6, 6.07) is 25.4. The molecule has 5 nitrogen and oxygen atoms in total. The van der Waals surface area contributed by atoms with E-state index in [2.05, 4.69) is 11.0 Å². The van der Waals surface area contributed by atoms with Crippen molar-refractivity contribution in [3.63, 3.8) is 0 Å². The summed E-state index contributed by atoms with van der Waals surface area (Å²) in [6.07, 6.45) is 0. The lowest BCUT2D eigenvalue weighted by molar-refractivity contribution is 0.502. The normalized spacial score (nSPS) is 12.7. The van der Waals surface area contributed by atoms with Crippen LogP contribution in [0.5, 0.6) is 0 Å². The van der Waals surface area contributed by atoms with Gasteiger partial charge >= 0.3 is 0 Å². The lowest BCUT2D eigenvalue weighted by Crippen LogP contribution is -2.26. The van der Waals surface area contributed by atoms with E-state index in [1.165, 1.54) is 0 Å². The Morgan fingerprint density at radius 2 is 1.55 bits per heavy atom. The summed E-state index contributed by atoms with van der Waals surface area (Å²) in [6.45, 7) is 0.602. The van der Waals surface area contributed by atoms with Crippen LogP contribution >= 0.6 is 0 Å². The molecule has 4 aromatic rings. The first kappa shape index (κ1) is 19.3. The smallest absolute Gasteiger partial charge is 0.206 e. The molecule has 4 aromatic carbocycles. The van der Waals surface area contributed by atoms with Crippen molar-refractivity contribution in [1.82, 2.24) is 4.90 Å². The standard InChI is InChI=1S/C25H21N3O2S/c1-28(25-21-9-5-8-20-22(26)14-15-23(27-25)24(20)21)16-17-10-12-19(13-11-17)31(29,30)18-6-3-2-4-7-18/h2-15H,16,26H2,1H3. The molecule has 6 heteroatoms. The molecule has 154 valence electrons. The SMILES string of the molecule is CN(Cc1ccc(S(=O)(=O)c2ccccc2)cc1)C1=Nc2ccc(N)c3cccc1c23. The Morgan fingerprint density at radius 3 is 2.29 bits per heavy atom. The molecular formula is C25H21N3O2S. The number of rotatable bonds is 4. The zero-order chi connectivity index (χ0) is 21.6. The molecule has 1 heterocycles. The predicted molar refractivity (Wildman–Crippen MR) is 124 cm³/mol. The third kappa shape index (κ3) is 3.25. The van der Waals surface area contributed by atoms with Crippen molar-refractivity contribution in [2.75, 3.05) is 12.8 Å². The first-order chi connectivity index (χ1) is 14.9. The Kier molecular flexibility index (Phi) is 4.52. The number of sulfone groups is 1. The Labute approximate surface area is 181 Å². The summed E-state index contributed by atoms with van der Waals surface area (Å²) < 4.78 is 25.6. The first-order valence-electron chi connectivity index (χ1n) is 9.95. The molecule has 0 saturated heterocycles. The van der Waals surface area contributed by atoms with Gasteiger partial charge in [-0.25, -0.2) is 13.4 Å². The molecular weight excluding hydrogens is 406 g/mol. The number of benzene rings is 4. The molecule has 0 spiro atoms. The lowest BCUT2D eigenvalue weighted by Gasteiger charge is -2.20. The predicted octanol–water partition coefficient (Wildman–Crippen LogP) is 4.78. The maximum absolute atomic E-state index is 12.8. The molecule has 5 rings (SSSR count). The van der Waals surface area contributed by atoms with Crippen LogP contribution in [0.2, 0.25) is 0 Å². The van der Waals surface area contributed by atoms with Crippen LogP contribution in [0.1, 0.15) is 11.1 Å². The molecule has 0 unspecified atom stereocenters.